The average Bonchev–Trinajstić information content (AvgIpc) is 2.85. The molecular weight excluding hydrogens is 222 g/mol. The Morgan fingerprint density at radius 1 is 1.22 bits per heavy atom. The van der Waals surface area contributed by atoms with Gasteiger partial charge in [0.25, 0.3) is 0 Å². The van der Waals surface area contributed by atoms with Gasteiger partial charge in [0.05, 0.1) is 17.3 Å². The Labute approximate surface area is 107 Å². The fourth-order valence-electron chi connectivity index (χ4n) is 2.84. The Morgan fingerprint density at radius 2 is 2.00 bits per heavy atom. The van der Waals surface area contributed by atoms with Gasteiger partial charge in [0.1, 0.15) is 0 Å². The van der Waals surface area contributed by atoms with E-state index in [9.17, 15) is 0 Å². The standard InChI is InChI=1S/C15H19N3/c1-2-14(18-10-6-3-7-11-18)15-12-8-4-5-9-13(12)16-17-15/h2,4-5,8-9,14H,1,3,6-7,10-11H2,(H,16,17). The lowest BCUT2D eigenvalue weighted by Crippen LogP contribution is -2.33. The number of piperidine rings is 1. The molecule has 0 radical (unpaired) electrons. The molecule has 0 bridgehead atoms. The van der Waals surface area contributed by atoms with Crippen LogP contribution in [0.1, 0.15) is 31.0 Å². The van der Waals surface area contributed by atoms with E-state index in [-0.39, 0.29) is 6.04 Å². The van der Waals surface area contributed by atoms with Gasteiger partial charge in [-0.3, -0.25) is 10.00 Å². The zero-order valence-electron chi connectivity index (χ0n) is 10.6. The van der Waals surface area contributed by atoms with Crippen LogP contribution in [0.15, 0.2) is 36.9 Å². The van der Waals surface area contributed by atoms with Crippen molar-refractivity contribution >= 4 is 10.9 Å². The second-order valence-electron chi connectivity index (χ2n) is 4.93. The molecule has 1 fully saturated rings. The van der Waals surface area contributed by atoms with Gasteiger partial charge in [-0.1, -0.05) is 30.7 Å². The van der Waals surface area contributed by atoms with E-state index >= 15 is 0 Å². The number of hydrogen-bond acceptors (Lipinski definition) is 2. The third-order valence-electron chi connectivity index (χ3n) is 3.79. The molecule has 3 nitrogen and oxygen atoms in total. The van der Waals surface area contributed by atoms with Crippen molar-refractivity contribution in [2.24, 2.45) is 0 Å². The number of rotatable bonds is 3. The predicted molar refractivity (Wildman–Crippen MR) is 74.5 cm³/mol. The van der Waals surface area contributed by atoms with Crippen molar-refractivity contribution < 1.29 is 0 Å². The molecule has 0 saturated carbocycles. The fourth-order valence-corrected chi connectivity index (χ4v) is 2.84. The lowest BCUT2D eigenvalue weighted by Gasteiger charge is -2.31. The Hall–Kier alpha value is -1.61. The average molecular weight is 241 g/mol. The molecule has 1 aliphatic heterocycles. The minimum absolute atomic E-state index is 0.237. The summed E-state index contributed by atoms with van der Waals surface area (Å²) in [6.45, 7) is 6.30. The number of para-hydroxylation sites is 1. The number of nitrogens with one attached hydrogen (secondary N) is 1. The van der Waals surface area contributed by atoms with Crippen molar-refractivity contribution in [3.8, 4) is 0 Å². The minimum atomic E-state index is 0.237. The van der Waals surface area contributed by atoms with Gasteiger partial charge in [0, 0.05) is 5.39 Å². The quantitative estimate of drug-likeness (QED) is 0.836. The van der Waals surface area contributed by atoms with Crippen molar-refractivity contribution in [1.82, 2.24) is 15.1 Å². The Morgan fingerprint density at radius 3 is 2.78 bits per heavy atom. The number of benzene rings is 1. The van der Waals surface area contributed by atoms with Crippen LogP contribution in [0.3, 0.4) is 0 Å². The van der Waals surface area contributed by atoms with Gasteiger partial charge in [-0.05, 0) is 32.0 Å². The summed E-state index contributed by atoms with van der Waals surface area (Å²) < 4.78 is 0. The minimum Gasteiger partial charge on any atom is -0.292 e. The molecule has 1 N–H and O–H groups in total. The summed E-state index contributed by atoms with van der Waals surface area (Å²) in [6, 6.07) is 8.55. The fraction of sp³-hybridized carbons (Fsp3) is 0.400. The smallest absolute Gasteiger partial charge is 0.0911 e. The van der Waals surface area contributed by atoms with Crippen LogP contribution in [0.5, 0.6) is 0 Å². The van der Waals surface area contributed by atoms with E-state index in [1.54, 1.807) is 0 Å². The van der Waals surface area contributed by atoms with Crippen LogP contribution in [0, 0.1) is 0 Å². The number of fused-ring (bicyclic) bond motifs is 1. The zero-order valence-corrected chi connectivity index (χ0v) is 10.6. The van der Waals surface area contributed by atoms with Gasteiger partial charge >= 0.3 is 0 Å². The Balaban J connectivity index is 1.97. The molecule has 2 heterocycles. The molecule has 2 aromatic rings. The second-order valence-corrected chi connectivity index (χ2v) is 4.93. The summed E-state index contributed by atoms with van der Waals surface area (Å²) in [6.07, 6.45) is 5.94. The number of aromatic nitrogens is 2. The molecule has 18 heavy (non-hydrogen) atoms. The molecule has 0 aliphatic carbocycles. The predicted octanol–water partition coefficient (Wildman–Crippen LogP) is 3.28. The molecule has 1 saturated heterocycles. The molecule has 1 aromatic heterocycles. The first-order chi connectivity index (χ1) is 8.90. The number of H-pyrrole nitrogens is 1. The van der Waals surface area contributed by atoms with Crippen LogP contribution in [-0.2, 0) is 0 Å². The lowest BCUT2D eigenvalue weighted by atomic mass is 10.0. The van der Waals surface area contributed by atoms with Crippen molar-refractivity contribution in [3.05, 3.63) is 42.6 Å². The summed E-state index contributed by atoms with van der Waals surface area (Å²) in [5, 5.41) is 8.84. The van der Waals surface area contributed by atoms with Crippen molar-refractivity contribution in [2.75, 3.05) is 13.1 Å². The van der Waals surface area contributed by atoms with E-state index in [1.165, 1.54) is 24.6 Å². The summed E-state index contributed by atoms with van der Waals surface area (Å²) in [5.41, 5.74) is 2.22. The topological polar surface area (TPSA) is 31.9 Å². The number of nitrogens with zero attached hydrogens (tertiary/aromatic N) is 2. The van der Waals surface area contributed by atoms with Crippen molar-refractivity contribution in [3.63, 3.8) is 0 Å². The first kappa shape index (κ1) is 11.5. The summed E-state index contributed by atoms with van der Waals surface area (Å²) >= 11 is 0. The highest BCUT2D eigenvalue weighted by atomic mass is 15.2. The van der Waals surface area contributed by atoms with Gasteiger partial charge in [0.2, 0.25) is 0 Å². The number of aromatic amines is 1. The highest BCUT2D eigenvalue weighted by Gasteiger charge is 2.23. The first-order valence-electron chi connectivity index (χ1n) is 6.70. The van der Waals surface area contributed by atoms with E-state index in [0.717, 1.165) is 24.3 Å². The molecule has 94 valence electrons. The van der Waals surface area contributed by atoms with E-state index in [2.05, 4.69) is 39.9 Å². The largest absolute Gasteiger partial charge is 0.292 e. The molecule has 1 aromatic carbocycles. The Kier molecular flexibility index (Phi) is 3.15. The Bertz CT molecular complexity index is 537. The van der Waals surface area contributed by atoms with Gasteiger partial charge in [-0.25, -0.2) is 0 Å². The monoisotopic (exact) mass is 241 g/mol. The molecule has 3 heteroatoms. The van der Waals surface area contributed by atoms with Crippen LogP contribution in [-0.4, -0.2) is 28.2 Å². The maximum atomic E-state index is 4.50. The maximum absolute atomic E-state index is 4.50. The third-order valence-corrected chi connectivity index (χ3v) is 3.79. The highest BCUT2D eigenvalue weighted by Crippen LogP contribution is 2.29. The van der Waals surface area contributed by atoms with Crippen LogP contribution in [0.2, 0.25) is 0 Å². The van der Waals surface area contributed by atoms with Crippen molar-refractivity contribution in [1.29, 1.82) is 0 Å². The molecule has 1 atom stereocenters. The molecule has 3 rings (SSSR count). The van der Waals surface area contributed by atoms with Gasteiger partial charge < -0.3 is 0 Å². The van der Waals surface area contributed by atoms with Crippen LogP contribution in [0.25, 0.3) is 10.9 Å². The van der Waals surface area contributed by atoms with E-state index in [4.69, 9.17) is 0 Å². The maximum Gasteiger partial charge on any atom is 0.0911 e. The SMILES string of the molecule is C=CC(c1n[nH]c2ccccc12)N1CCCCC1. The van der Waals surface area contributed by atoms with Gasteiger partial charge in [-0.15, -0.1) is 6.58 Å². The number of hydrogen-bond donors (Lipinski definition) is 1. The normalized spacial score (nSPS) is 18.9. The van der Waals surface area contributed by atoms with Crippen LogP contribution >= 0.6 is 0 Å². The van der Waals surface area contributed by atoms with Crippen molar-refractivity contribution in [2.45, 2.75) is 25.3 Å². The molecular formula is C15H19N3. The second kappa shape index (κ2) is 4.94. The van der Waals surface area contributed by atoms with E-state index in [1.807, 2.05) is 12.1 Å². The highest BCUT2D eigenvalue weighted by molar-refractivity contribution is 5.81. The summed E-state index contributed by atoms with van der Waals surface area (Å²) in [5.74, 6) is 0. The zero-order chi connectivity index (χ0) is 12.4. The van der Waals surface area contributed by atoms with Gasteiger partial charge in [0.15, 0.2) is 0 Å². The third kappa shape index (κ3) is 1.95. The van der Waals surface area contributed by atoms with Crippen LogP contribution in [0.4, 0.5) is 0 Å². The summed E-state index contributed by atoms with van der Waals surface area (Å²) in [4.78, 5) is 2.49. The lowest BCUT2D eigenvalue weighted by molar-refractivity contribution is 0.190. The molecule has 1 aliphatic rings. The van der Waals surface area contributed by atoms with Crippen LogP contribution < -0.4 is 0 Å². The molecule has 1 unspecified atom stereocenters. The van der Waals surface area contributed by atoms with Gasteiger partial charge in [-0.2, -0.15) is 5.10 Å². The van der Waals surface area contributed by atoms with E-state index < -0.39 is 0 Å². The molecule has 0 spiro atoms. The molecule has 0 amide bonds. The first-order valence-corrected chi connectivity index (χ1v) is 6.70. The summed E-state index contributed by atoms with van der Waals surface area (Å²) in [7, 11) is 0. The van der Waals surface area contributed by atoms with E-state index in [0.29, 0.717) is 0 Å². The number of likely N-dealkylation sites (tertiary alicyclic amines) is 1.